The summed E-state index contributed by atoms with van der Waals surface area (Å²) in [5.41, 5.74) is 3.22. The van der Waals surface area contributed by atoms with Crippen LogP contribution in [-0.4, -0.2) is 0 Å². The molecule has 1 N–H and O–H groups in total. The fourth-order valence-corrected chi connectivity index (χ4v) is 3.30. The molecule has 0 aromatic heterocycles. The van der Waals surface area contributed by atoms with E-state index >= 15 is 0 Å². The molecule has 0 aliphatic heterocycles. The zero-order valence-corrected chi connectivity index (χ0v) is 12.8. The smallest absolute Gasteiger partial charge is 0.126 e. The molecule has 21 heavy (non-hydrogen) atoms. The van der Waals surface area contributed by atoms with E-state index in [0.717, 1.165) is 35.4 Å². The molecule has 0 radical (unpaired) electrons. The van der Waals surface area contributed by atoms with Gasteiger partial charge in [-0.05, 0) is 54.2 Å². The second-order valence-corrected chi connectivity index (χ2v) is 6.01. The molecule has 1 aliphatic carbocycles. The molecule has 0 saturated heterocycles. The van der Waals surface area contributed by atoms with Gasteiger partial charge in [-0.1, -0.05) is 42.8 Å². The largest absolute Gasteiger partial charge is 0.303 e. The summed E-state index contributed by atoms with van der Waals surface area (Å²) in [7, 11) is 0. The molecule has 2 aromatic rings. The number of halogens is 2. The molecule has 3 rings (SSSR count). The van der Waals surface area contributed by atoms with Gasteiger partial charge in [0.05, 0.1) is 0 Å². The van der Waals surface area contributed by atoms with Crippen molar-refractivity contribution >= 4 is 11.6 Å². The standard InChI is InChI=1S/C18H19ClFN/c1-2-17(12-6-8-13(19)9-7-12)21-18-11-10-14-15(18)4-3-5-16(14)20/h3-9,17-18,21H,2,10-11H2,1H3. The van der Waals surface area contributed by atoms with E-state index < -0.39 is 0 Å². The second-order valence-electron chi connectivity index (χ2n) is 5.58. The first-order valence-electron chi connectivity index (χ1n) is 7.48. The molecule has 1 aliphatic rings. The maximum atomic E-state index is 13.8. The zero-order chi connectivity index (χ0) is 14.8. The Morgan fingerprint density at radius 3 is 2.71 bits per heavy atom. The third-order valence-electron chi connectivity index (χ3n) is 4.30. The molecule has 3 heteroatoms. The lowest BCUT2D eigenvalue weighted by Crippen LogP contribution is -2.24. The van der Waals surface area contributed by atoms with Gasteiger partial charge in [0, 0.05) is 17.1 Å². The molecule has 0 spiro atoms. The summed E-state index contributed by atoms with van der Waals surface area (Å²) >= 11 is 5.95. The summed E-state index contributed by atoms with van der Waals surface area (Å²) in [5.74, 6) is -0.0728. The van der Waals surface area contributed by atoms with E-state index in [0.29, 0.717) is 0 Å². The number of rotatable bonds is 4. The molecule has 110 valence electrons. The van der Waals surface area contributed by atoms with Gasteiger partial charge in [0.2, 0.25) is 0 Å². The van der Waals surface area contributed by atoms with Crippen molar-refractivity contribution in [3.63, 3.8) is 0 Å². The lowest BCUT2D eigenvalue weighted by atomic mass is 10.0. The lowest BCUT2D eigenvalue weighted by molar-refractivity contribution is 0.433. The number of fused-ring (bicyclic) bond motifs is 1. The molecule has 2 aromatic carbocycles. The number of nitrogens with one attached hydrogen (secondary N) is 1. The molecule has 0 fully saturated rings. The van der Waals surface area contributed by atoms with Gasteiger partial charge in [0.15, 0.2) is 0 Å². The maximum absolute atomic E-state index is 13.8. The fraction of sp³-hybridized carbons (Fsp3) is 0.333. The number of benzene rings is 2. The van der Waals surface area contributed by atoms with Gasteiger partial charge >= 0.3 is 0 Å². The highest BCUT2D eigenvalue weighted by molar-refractivity contribution is 6.30. The minimum absolute atomic E-state index is 0.0728. The first-order chi connectivity index (χ1) is 10.2. The normalized spacial score (nSPS) is 18.5. The highest BCUT2D eigenvalue weighted by atomic mass is 35.5. The van der Waals surface area contributed by atoms with Crippen LogP contribution in [0.4, 0.5) is 4.39 Å². The van der Waals surface area contributed by atoms with Gasteiger partial charge in [0.25, 0.3) is 0 Å². The summed E-state index contributed by atoms with van der Waals surface area (Å²) in [4.78, 5) is 0. The van der Waals surface area contributed by atoms with E-state index in [4.69, 9.17) is 11.6 Å². The highest BCUT2D eigenvalue weighted by Gasteiger charge is 2.26. The van der Waals surface area contributed by atoms with Crippen molar-refractivity contribution in [2.45, 2.75) is 38.3 Å². The van der Waals surface area contributed by atoms with Gasteiger partial charge in [-0.25, -0.2) is 4.39 Å². The predicted molar refractivity (Wildman–Crippen MR) is 85.1 cm³/mol. The van der Waals surface area contributed by atoms with Gasteiger partial charge in [-0.3, -0.25) is 0 Å². The first kappa shape index (κ1) is 14.6. The van der Waals surface area contributed by atoms with Crippen LogP contribution in [0.5, 0.6) is 0 Å². The molecule has 0 bridgehead atoms. The molecule has 2 unspecified atom stereocenters. The summed E-state index contributed by atoms with van der Waals surface area (Å²) < 4.78 is 13.8. The molecular weight excluding hydrogens is 285 g/mol. The van der Waals surface area contributed by atoms with Crippen molar-refractivity contribution in [2.24, 2.45) is 0 Å². The number of hydrogen-bond acceptors (Lipinski definition) is 1. The van der Waals surface area contributed by atoms with Crippen molar-refractivity contribution in [1.29, 1.82) is 0 Å². The van der Waals surface area contributed by atoms with E-state index in [1.165, 1.54) is 5.56 Å². The van der Waals surface area contributed by atoms with Crippen LogP contribution in [0, 0.1) is 5.82 Å². The minimum atomic E-state index is -0.0728. The summed E-state index contributed by atoms with van der Waals surface area (Å²) in [6, 6.07) is 13.9. The fourth-order valence-electron chi connectivity index (χ4n) is 3.17. The van der Waals surface area contributed by atoms with Gasteiger partial charge in [-0.15, -0.1) is 0 Å². The minimum Gasteiger partial charge on any atom is -0.303 e. The van der Waals surface area contributed by atoms with Crippen LogP contribution < -0.4 is 5.32 Å². The van der Waals surface area contributed by atoms with Crippen molar-refractivity contribution < 1.29 is 4.39 Å². The Balaban J connectivity index is 1.80. The molecule has 0 saturated carbocycles. The third kappa shape index (κ3) is 2.97. The summed E-state index contributed by atoms with van der Waals surface area (Å²) in [6.07, 6.45) is 2.76. The highest BCUT2D eigenvalue weighted by Crippen LogP contribution is 2.35. The quantitative estimate of drug-likeness (QED) is 0.818. The average molecular weight is 304 g/mol. The zero-order valence-electron chi connectivity index (χ0n) is 12.1. The summed E-state index contributed by atoms with van der Waals surface area (Å²) in [5, 5.41) is 4.43. The second kappa shape index (κ2) is 6.17. The Labute approximate surface area is 130 Å². The van der Waals surface area contributed by atoms with Gasteiger partial charge in [0.1, 0.15) is 5.82 Å². The molecule has 1 nitrogen and oxygen atoms in total. The van der Waals surface area contributed by atoms with E-state index in [1.54, 1.807) is 12.1 Å². The van der Waals surface area contributed by atoms with E-state index in [2.05, 4.69) is 24.4 Å². The first-order valence-corrected chi connectivity index (χ1v) is 7.85. The monoisotopic (exact) mass is 303 g/mol. The van der Waals surface area contributed by atoms with Gasteiger partial charge < -0.3 is 5.32 Å². The van der Waals surface area contributed by atoms with Gasteiger partial charge in [-0.2, -0.15) is 0 Å². The Kier molecular flexibility index (Phi) is 4.27. The predicted octanol–water partition coefficient (Wildman–Crippen LogP) is 5.21. The van der Waals surface area contributed by atoms with E-state index in [-0.39, 0.29) is 17.9 Å². The Morgan fingerprint density at radius 2 is 2.00 bits per heavy atom. The van der Waals surface area contributed by atoms with Crippen LogP contribution in [0.3, 0.4) is 0 Å². The molecule has 2 atom stereocenters. The van der Waals surface area contributed by atoms with Crippen molar-refractivity contribution in [3.8, 4) is 0 Å². The van der Waals surface area contributed by atoms with Crippen LogP contribution in [0.25, 0.3) is 0 Å². The van der Waals surface area contributed by atoms with Crippen LogP contribution in [-0.2, 0) is 6.42 Å². The Morgan fingerprint density at radius 1 is 1.24 bits per heavy atom. The van der Waals surface area contributed by atoms with Crippen LogP contribution in [0.2, 0.25) is 5.02 Å². The molecular formula is C18H19ClFN. The Hall–Kier alpha value is -1.38. The molecule has 0 amide bonds. The number of hydrogen-bond donors (Lipinski definition) is 1. The van der Waals surface area contributed by atoms with Crippen molar-refractivity contribution in [3.05, 3.63) is 70.0 Å². The topological polar surface area (TPSA) is 12.0 Å². The summed E-state index contributed by atoms with van der Waals surface area (Å²) in [6.45, 7) is 2.16. The van der Waals surface area contributed by atoms with Crippen LogP contribution in [0.15, 0.2) is 42.5 Å². The lowest BCUT2D eigenvalue weighted by Gasteiger charge is -2.23. The van der Waals surface area contributed by atoms with Crippen molar-refractivity contribution in [2.75, 3.05) is 0 Å². The van der Waals surface area contributed by atoms with Crippen LogP contribution in [0.1, 0.15) is 48.5 Å². The van der Waals surface area contributed by atoms with Crippen LogP contribution >= 0.6 is 11.6 Å². The van der Waals surface area contributed by atoms with E-state index in [9.17, 15) is 4.39 Å². The Bertz CT molecular complexity index is 624. The molecule has 0 heterocycles. The van der Waals surface area contributed by atoms with E-state index in [1.807, 2.05) is 18.2 Å². The maximum Gasteiger partial charge on any atom is 0.126 e. The van der Waals surface area contributed by atoms with Crippen molar-refractivity contribution in [1.82, 2.24) is 5.32 Å². The SMILES string of the molecule is CCC(NC1CCc2c(F)cccc21)c1ccc(Cl)cc1. The third-order valence-corrected chi connectivity index (χ3v) is 4.55. The average Bonchev–Trinajstić information content (AvgIpc) is 2.90.